The van der Waals surface area contributed by atoms with Crippen molar-refractivity contribution in [3.05, 3.63) is 46.4 Å². The minimum absolute atomic E-state index is 0.489. The van der Waals surface area contributed by atoms with Crippen molar-refractivity contribution < 1.29 is 37.9 Å². The Hall–Kier alpha value is -4.50. The van der Waals surface area contributed by atoms with E-state index in [2.05, 4.69) is 26.0 Å². The molecule has 4 aliphatic rings. The smallest absolute Gasteiger partial charge is 0.181 e. The number of aromatic nitrogens is 2. The third-order valence-corrected chi connectivity index (χ3v) is 13.5. The van der Waals surface area contributed by atoms with Crippen LogP contribution >= 0.6 is 45.3 Å². The molecule has 4 aliphatic heterocycles. The fraction of sp³-hybridized carbons (Fsp3) is 0.278. The lowest BCUT2D eigenvalue weighted by molar-refractivity contribution is 0.171. The van der Waals surface area contributed by atoms with Gasteiger partial charge < -0.3 is 37.9 Å². The van der Waals surface area contributed by atoms with Crippen LogP contribution in [0.1, 0.15) is 9.75 Å². The lowest BCUT2D eigenvalue weighted by Gasteiger charge is -2.18. The summed E-state index contributed by atoms with van der Waals surface area (Å²) in [7, 11) is 0. The van der Waals surface area contributed by atoms with E-state index < -0.39 is 0 Å². The van der Waals surface area contributed by atoms with Gasteiger partial charge in [0, 0.05) is 33.3 Å². The molecule has 0 fully saturated rings. The Bertz CT molecular complexity index is 2110. The van der Waals surface area contributed by atoms with E-state index in [1.807, 2.05) is 24.5 Å². The molecule has 0 atom stereocenters. The van der Waals surface area contributed by atoms with Crippen molar-refractivity contribution in [2.75, 3.05) is 52.9 Å². The fourth-order valence-corrected chi connectivity index (χ4v) is 11.1. The van der Waals surface area contributed by atoms with Gasteiger partial charge in [0.2, 0.25) is 0 Å². The van der Waals surface area contributed by atoms with Crippen molar-refractivity contribution in [3.63, 3.8) is 0 Å². The third-order valence-electron chi connectivity index (χ3n) is 8.65. The average molecular weight is 745 g/mol. The van der Waals surface area contributed by atoms with Gasteiger partial charge >= 0.3 is 0 Å². The first-order chi connectivity index (χ1) is 24.6. The Morgan fingerprint density at radius 2 is 0.680 bits per heavy atom. The Morgan fingerprint density at radius 3 is 1.02 bits per heavy atom. The zero-order valence-electron chi connectivity index (χ0n) is 26.9. The van der Waals surface area contributed by atoms with Gasteiger partial charge in [-0.1, -0.05) is 0 Å². The first kappa shape index (κ1) is 30.3. The lowest BCUT2D eigenvalue weighted by Crippen LogP contribution is -2.15. The molecule has 0 radical (unpaired) electrons. The Labute approximate surface area is 302 Å². The molecule has 0 unspecified atom stereocenters. The number of pyridine rings is 2. The van der Waals surface area contributed by atoms with Crippen LogP contribution in [0, 0.1) is 13.8 Å². The molecule has 254 valence electrons. The molecular formula is C36H28N2O8S4. The van der Waals surface area contributed by atoms with Crippen molar-refractivity contribution in [1.29, 1.82) is 0 Å². The molecule has 50 heavy (non-hydrogen) atoms. The Balaban J connectivity index is 0.960. The summed E-state index contributed by atoms with van der Waals surface area (Å²) < 4.78 is 48.7. The fourth-order valence-electron chi connectivity index (χ4n) is 6.43. The molecule has 0 N–H and O–H groups in total. The topological polar surface area (TPSA) is 99.6 Å². The quantitative estimate of drug-likeness (QED) is 0.170. The number of ether oxygens (including phenoxy) is 8. The van der Waals surface area contributed by atoms with E-state index in [1.165, 1.54) is 0 Å². The standard InChI is InChI=1S/C36H28N2O8S4/c1-17-23-25(41-9-7-39-23)33(47-17)35-29-27(43-11-13-45-29)31(49-35)19-3-5-21(37-15-19)22-6-4-20(16-38-22)32-28-30(46-14-12-44-28)36(50-32)34-26-24(18(2)48-34)40-8-10-42-26/h3-6,15-16H,7-14H2,1-2H3. The van der Waals surface area contributed by atoms with Crippen molar-refractivity contribution in [3.8, 4) is 97.8 Å². The third kappa shape index (κ3) is 4.83. The molecule has 0 spiro atoms. The molecule has 10 heterocycles. The monoisotopic (exact) mass is 744 g/mol. The molecule has 0 bridgehead atoms. The maximum Gasteiger partial charge on any atom is 0.181 e. The molecule has 0 aliphatic carbocycles. The highest BCUT2D eigenvalue weighted by atomic mass is 32.1. The zero-order chi connectivity index (χ0) is 33.3. The summed E-state index contributed by atoms with van der Waals surface area (Å²) in [6.45, 7) is 8.22. The normalized spacial score (nSPS) is 15.6. The number of nitrogens with zero attached hydrogens (tertiary/aromatic N) is 2. The molecule has 10 rings (SSSR count). The second-order valence-electron chi connectivity index (χ2n) is 11.8. The number of hydrogen-bond donors (Lipinski definition) is 0. The van der Waals surface area contributed by atoms with Gasteiger partial charge in [-0.2, -0.15) is 0 Å². The van der Waals surface area contributed by atoms with Crippen LogP contribution < -0.4 is 37.9 Å². The molecular weight excluding hydrogens is 717 g/mol. The van der Waals surface area contributed by atoms with E-state index in [-0.39, 0.29) is 0 Å². The largest absolute Gasteiger partial charge is 0.485 e. The average Bonchev–Trinajstić information content (AvgIpc) is 3.93. The van der Waals surface area contributed by atoms with E-state index in [4.69, 9.17) is 47.9 Å². The Kier molecular flexibility index (Phi) is 7.33. The molecule has 0 saturated heterocycles. The highest BCUT2D eigenvalue weighted by molar-refractivity contribution is 7.25. The summed E-state index contributed by atoms with van der Waals surface area (Å²) >= 11 is 6.56. The van der Waals surface area contributed by atoms with Crippen LogP contribution in [0.25, 0.3) is 51.8 Å². The molecule has 0 amide bonds. The predicted octanol–water partition coefficient (Wildman–Crippen LogP) is 8.76. The number of rotatable bonds is 5. The summed E-state index contributed by atoms with van der Waals surface area (Å²) in [6.07, 6.45) is 3.74. The number of fused-ring (bicyclic) bond motifs is 4. The van der Waals surface area contributed by atoms with Gasteiger partial charge in [0.15, 0.2) is 46.0 Å². The van der Waals surface area contributed by atoms with Gasteiger partial charge in [-0.05, 0) is 38.1 Å². The molecule has 6 aromatic heterocycles. The van der Waals surface area contributed by atoms with Crippen LogP contribution in [0.2, 0.25) is 0 Å². The second-order valence-corrected chi connectivity index (χ2v) is 16.3. The van der Waals surface area contributed by atoms with E-state index in [0.29, 0.717) is 52.9 Å². The van der Waals surface area contributed by atoms with Crippen molar-refractivity contribution in [2.24, 2.45) is 0 Å². The SMILES string of the molecule is Cc1sc(-c2sc(-c3ccc(-c4ccc(-c5sc(-c6sc(C)c7c6OCCO7)c6c5OCCO6)cn4)nc3)c3c2OCCO3)c2c1OCCO2. The highest BCUT2D eigenvalue weighted by Crippen LogP contribution is 2.61. The summed E-state index contributed by atoms with van der Waals surface area (Å²) in [6, 6.07) is 8.10. The van der Waals surface area contributed by atoms with Gasteiger partial charge in [-0.25, -0.2) is 0 Å². The van der Waals surface area contributed by atoms with Crippen molar-refractivity contribution in [2.45, 2.75) is 13.8 Å². The van der Waals surface area contributed by atoms with Crippen molar-refractivity contribution in [1.82, 2.24) is 9.97 Å². The predicted molar refractivity (Wildman–Crippen MR) is 194 cm³/mol. The summed E-state index contributed by atoms with van der Waals surface area (Å²) in [5.41, 5.74) is 3.42. The summed E-state index contributed by atoms with van der Waals surface area (Å²) in [4.78, 5) is 17.7. The second kappa shape index (κ2) is 12.1. The minimum Gasteiger partial charge on any atom is -0.485 e. The number of hydrogen-bond acceptors (Lipinski definition) is 14. The van der Waals surface area contributed by atoms with Gasteiger partial charge in [-0.15, -0.1) is 45.3 Å². The first-order valence-electron chi connectivity index (χ1n) is 16.2. The minimum atomic E-state index is 0.489. The van der Waals surface area contributed by atoms with Crippen LogP contribution in [0.4, 0.5) is 0 Å². The van der Waals surface area contributed by atoms with Crippen LogP contribution in [0.15, 0.2) is 36.7 Å². The maximum absolute atomic E-state index is 6.18. The van der Waals surface area contributed by atoms with Gasteiger partial charge in [0.05, 0.1) is 40.7 Å². The zero-order valence-corrected chi connectivity index (χ0v) is 30.2. The van der Waals surface area contributed by atoms with E-state index in [9.17, 15) is 0 Å². The van der Waals surface area contributed by atoms with Gasteiger partial charge in [0.1, 0.15) is 52.9 Å². The number of thiophene rings is 4. The first-order valence-corrected chi connectivity index (χ1v) is 19.5. The van der Waals surface area contributed by atoms with E-state index >= 15 is 0 Å². The van der Waals surface area contributed by atoms with Crippen LogP contribution in [0.5, 0.6) is 46.0 Å². The van der Waals surface area contributed by atoms with Gasteiger partial charge in [0.25, 0.3) is 0 Å². The van der Waals surface area contributed by atoms with Crippen molar-refractivity contribution >= 4 is 45.3 Å². The molecule has 6 aromatic rings. The van der Waals surface area contributed by atoms with Crippen LogP contribution in [-0.4, -0.2) is 62.8 Å². The Morgan fingerprint density at radius 1 is 0.380 bits per heavy atom. The van der Waals surface area contributed by atoms with Crippen LogP contribution in [0.3, 0.4) is 0 Å². The van der Waals surface area contributed by atoms with E-state index in [0.717, 1.165) is 108 Å². The summed E-state index contributed by atoms with van der Waals surface area (Å²) in [5.74, 6) is 6.20. The summed E-state index contributed by atoms with van der Waals surface area (Å²) in [5, 5.41) is 0. The highest BCUT2D eigenvalue weighted by Gasteiger charge is 2.34. The van der Waals surface area contributed by atoms with Crippen LogP contribution in [-0.2, 0) is 0 Å². The maximum atomic E-state index is 6.18. The number of aryl methyl sites for hydroxylation is 2. The van der Waals surface area contributed by atoms with Gasteiger partial charge in [-0.3, -0.25) is 9.97 Å². The molecule has 10 nitrogen and oxygen atoms in total. The van der Waals surface area contributed by atoms with E-state index in [1.54, 1.807) is 45.3 Å². The molecule has 0 saturated carbocycles. The lowest BCUT2D eigenvalue weighted by atomic mass is 10.1. The molecule has 14 heteroatoms. The molecule has 0 aromatic carbocycles.